The average molecular weight is 300 g/mol. The molecule has 1 heterocycles. The molecule has 1 aliphatic rings. The first-order chi connectivity index (χ1) is 7.99. The van der Waals surface area contributed by atoms with E-state index in [1.807, 2.05) is 0 Å². The Labute approximate surface area is 106 Å². The van der Waals surface area contributed by atoms with Gasteiger partial charge in [0.2, 0.25) is 5.91 Å². The Bertz CT molecular complexity index is 488. The standard InChI is InChI=1S/C11H10BrNO4/c12-6-3-10(15)13(5-6)7-1-2-8(11(16)17)9(14)4-7/h1-2,4,6,14H,3,5H2,(H,16,17). The van der Waals surface area contributed by atoms with E-state index in [1.54, 1.807) is 0 Å². The smallest absolute Gasteiger partial charge is 0.339 e. The van der Waals surface area contributed by atoms with Gasteiger partial charge in [-0.3, -0.25) is 4.79 Å². The molecule has 6 heteroatoms. The van der Waals surface area contributed by atoms with Crippen molar-refractivity contribution in [2.24, 2.45) is 0 Å². The fourth-order valence-corrected chi connectivity index (χ4v) is 2.35. The van der Waals surface area contributed by atoms with Crippen molar-refractivity contribution in [3.8, 4) is 5.75 Å². The van der Waals surface area contributed by atoms with Gasteiger partial charge in [-0.25, -0.2) is 4.79 Å². The van der Waals surface area contributed by atoms with Crippen LogP contribution in [-0.2, 0) is 4.79 Å². The lowest BCUT2D eigenvalue weighted by Gasteiger charge is -2.16. The van der Waals surface area contributed by atoms with Crippen molar-refractivity contribution < 1.29 is 19.8 Å². The van der Waals surface area contributed by atoms with Crippen LogP contribution >= 0.6 is 15.9 Å². The van der Waals surface area contributed by atoms with Gasteiger partial charge < -0.3 is 15.1 Å². The summed E-state index contributed by atoms with van der Waals surface area (Å²) in [5.74, 6) is -1.57. The van der Waals surface area contributed by atoms with E-state index < -0.39 is 5.97 Å². The van der Waals surface area contributed by atoms with Crippen LogP contribution in [0, 0.1) is 0 Å². The van der Waals surface area contributed by atoms with Crippen LogP contribution in [-0.4, -0.2) is 33.5 Å². The molecule has 1 unspecified atom stereocenters. The van der Waals surface area contributed by atoms with Gasteiger partial charge in [-0.15, -0.1) is 0 Å². The molecule has 0 bridgehead atoms. The Morgan fingerprint density at radius 2 is 2.18 bits per heavy atom. The number of anilines is 1. The van der Waals surface area contributed by atoms with Crippen LogP contribution in [0.1, 0.15) is 16.8 Å². The van der Waals surface area contributed by atoms with E-state index in [0.717, 1.165) is 0 Å². The number of hydrogen-bond acceptors (Lipinski definition) is 3. The Hall–Kier alpha value is -1.56. The Morgan fingerprint density at radius 3 is 2.65 bits per heavy atom. The highest BCUT2D eigenvalue weighted by molar-refractivity contribution is 9.09. The zero-order valence-electron chi connectivity index (χ0n) is 8.76. The first kappa shape index (κ1) is 11.9. The lowest BCUT2D eigenvalue weighted by atomic mass is 10.1. The van der Waals surface area contributed by atoms with Crippen LogP contribution < -0.4 is 4.90 Å². The third-order valence-corrected chi connectivity index (χ3v) is 3.21. The zero-order valence-corrected chi connectivity index (χ0v) is 10.3. The Morgan fingerprint density at radius 1 is 1.47 bits per heavy atom. The molecule has 1 aromatic rings. The molecule has 90 valence electrons. The number of carboxylic acids is 1. The highest BCUT2D eigenvalue weighted by atomic mass is 79.9. The maximum Gasteiger partial charge on any atom is 0.339 e. The van der Waals surface area contributed by atoms with Crippen LogP contribution in [0.5, 0.6) is 5.75 Å². The van der Waals surface area contributed by atoms with E-state index >= 15 is 0 Å². The Balaban J connectivity index is 2.32. The monoisotopic (exact) mass is 299 g/mol. The number of phenols is 1. The molecule has 2 rings (SSSR count). The van der Waals surface area contributed by atoms with Gasteiger partial charge in [-0.1, -0.05) is 15.9 Å². The molecule has 0 spiro atoms. The summed E-state index contributed by atoms with van der Waals surface area (Å²) in [6.45, 7) is 0.519. The number of alkyl halides is 1. The van der Waals surface area contributed by atoms with Crippen molar-refractivity contribution in [3.05, 3.63) is 23.8 Å². The number of hydrogen-bond donors (Lipinski definition) is 2. The molecule has 1 fully saturated rings. The summed E-state index contributed by atoms with van der Waals surface area (Å²) >= 11 is 3.35. The molecule has 1 saturated heterocycles. The number of carbonyl (C=O) groups excluding carboxylic acids is 1. The number of halogens is 1. The van der Waals surface area contributed by atoms with Crippen LogP contribution in [0.2, 0.25) is 0 Å². The van der Waals surface area contributed by atoms with Gasteiger partial charge in [0.15, 0.2) is 0 Å². The fourth-order valence-electron chi connectivity index (χ4n) is 1.78. The average Bonchev–Trinajstić information content (AvgIpc) is 2.57. The minimum absolute atomic E-state index is 0.0469. The molecule has 1 aromatic carbocycles. The third kappa shape index (κ3) is 2.26. The second kappa shape index (κ2) is 4.37. The van der Waals surface area contributed by atoms with E-state index in [1.165, 1.54) is 23.1 Å². The highest BCUT2D eigenvalue weighted by Crippen LogP contribution is 2.29. The van der Waals surface area contributed by atoms with Gasteiger partial charge in [0.1, 0.15) is 11.3 Å². The van der Waals surface area contributed by atoms with Crippen LogP contribution in [0.15, 0.2) is 18.2 Å². The number of nitrogens with zero attached hydrogens (tertiary/aromatic N) is 1. The number of aromatic carboxylic acids is 1. The minimum Gasteiger partial charge on any atom is -0.507 e. The van der Waals surface area contributed by atoms with Crippen LogP contribution in [0.3, 0.4) is 0 Å². The number of carbonyl (C=O) groups is 2. The molecule has 1 atom stereocenters. The van der Waals surface area contributed by atoms with Crippen molar-refractivity contribution in [2.75, 3.05) is 11.4 Å². The van der Waals surface area contributed by atoms with E-state index in [0.29, 0.717) is 18.7 Å². The predicted octanol–water partition coefficient (Wildman–Crippen LogP) is 1.59. The molecule has 0 saturated carbocycles. The molecular weight excluding hydrogens is 290 g/mol. The number of carboxylic acid groups (broad SMARTS) is 1. The maximum atomic E-state index is 11.6. The molecule has 2 N–H and O–H groups in total. The van der Waals surface area contributed by atoms with Gasteiger partial charge in [0.25, 0.3) is 0 Å². The first-order valence-corrected chi connectivity index (χ1v) is 5.91. The van der Waals surface area contributed by atoms with Crippen molar-refractivity contribution in [2.45, 2.75) is 11.2 Å². The summed E-state index contributed by atoms with van der Waals surface area (Å²) in [5, 5.41) is 18.3. The normalized spacial score (nSPS) is 19.7. The maximum absolute atomic E-state index is 11.6. The largest absolute Gasteiger partial charge is 0.507 e. The number of aromatic hydroxyl groups is 1. The number of amides is 1. The van der Waals surface area contributed by atoms with E-state index in [-0.39, 0.29) is 22.0 Å². The second-order valence-electron chi connectivity index (χ2n) is 3.81. The molecule has 5 nitrogen and oxygen atoms in total. The SMILES string of the molecule is O=C(O)c1ccc(N2CC(Br)CC2=O)cc1O. The Kier molecular flexibility index (Phi) is 3.06. The van der Waals surface area contributed by atoms with Gasteiger partial charge in [-0.2, -0.15) is 0 Å². The molecule has 0 aromatic heterocycles. The topological polar surface area (TPSA) is 77.8 Å². The number of benzene rings is 1. The third-order valence-electron chi connectivity index (χ3n) is 2.60. The summed E-state index contributed by atoms with van der Waals surface area (Å²) in [4.78, 5) is 23.9. The summed E-state index contributed by atoms with van der Waals surface area (Å²) in [6.07, 6.45) is 0.404. The molecule has 0 radical (unpaired) electrons. The quantitative estimate of drug-likeness (QED) is 0.813. The zero-order chi connectivity index (χ0) is 12.6. The molecule has 1 amide bonds. The van der Waals surface area contributed by atoms with E-state index in [4.69, 9.17) is 5.11 Å². The lowest BCUT2D eigenvalue weighted by molar-refractivity contribution is -0.117. The van der Waals surface area contributed by atoms with Crippen molar-refractivity contribution in [1.82, 2.24) is 0 Å². The molecule has 17 heavy (non-hydrogen) atoms. The summed E-state index contributed by atoms with van der Waals surface area (Å²) < 4.78 is 0. The second-order valence-corrected chi connectivity index (χ2v) is 5.11. The highest BCUT2D eigenvalue weighted by Gasteiger charge is 2.29. The van der Waals surface area contributed by atoms with Gasteiger partial charge >= 0.3 is 5.97 Å². The molecule has 1 aliphatic heterocycles. The van der Waals surface area contributed by atoms with Crippen molar-refractivity contribution in [1.29, 1.82) is 0 Å². The summed E-state index contributed by atoms with van der Waals surface area (Å²) in [7, 11) is 0. The number of rotatable bonds is 2. The predicted molar refractivity (Wildman–Crippen MR) is 64.8 cm³/mol. The lowest BCUT2D eigenvalue weighted by Crippen LogP contribution is -2.24. The molecule has 0 aliphatic carbocycles. The van der Waals surface area contributed by atoms with Crippen LogP contribution in [0.4, 0.5) is 5.69 Å². The van der Waals surface area contributed by atoms with Gasteiger partial charge in [0.05, 0.1) is 0 Å². The summed E-state index contributed by atoms with van der Waals surface area (Å²) in [5.41, 5.74) is 0.343. The van der Waals surface area contributed by atoms with Crippen molar-refractivity contribution in [3.63, 3.8) is 0 Å². The van der Waals surface area contributed by atoms with E-state index in [2.05, 4.69) is 15.9 Å². The first-order valence-electron chi connectivity index (χ1n) is 5.00. The van der Waals surface area contributed by atoms with Crippen LogP contribution in [0.25, 0.3) is 0 Å². The summed E-state index contributed by atoms with van der Waals surface area (Å²) in [6, 6.07) is 4.11. The van der Waals surface area contributed by atoms with E-state index in [9.17, 15) is 14.7 Å². The van der Waals surface area contributed by atoms with Gasteiger partial charge in [-0.05, 0) is 12.1 Å². The minimum atomic E-state index is -1.19. The molecular formula is C11H10BrNO4. The van der Waals surface area contributed by atoms with Gasteiger partial charge in [0, 0.05) is 29.5 Å². The van der Waals surface area contributed by atoms with Crippen molar-refractivity contribution >= 4 is 33.5 Å². The fraction of sp³-hybridized carbons (Fsp3) is 0.273.